The number of hydrogen-bond donors (Lipinski definition) is 3. The van der Waals surface area contributed by atoms with E-state index in [4.69, 9.17) is 14.5 Å². The van der Waals surface area contributed by atoms with Crippen molar-refractivity contribution in [3.63, 3.8) is 0 Å². The van der Waals surface area contributed by atoms with Crippen molar-refractivity contribution >= 4 is 75.5 Å². The van der Waals surface area contributed by atoms with E-state index in [1.807, 2.05) is 0 Å². The maximum Gasteiger partial charge on any atom is 0.573 e. The van der Waals surface area contributed by atoms with Crippen LogP contribution in [0.4, 0.5) is 46.8 Å². The van der Waals surface area contributed by atoms with Crippen LogP contribution in [0.2, 0.25) is 0 Å². The smallest absolute Gasteiger partial charge is 0.537 e. The average Bonchev–Trinajstić information content (AvgIpc) is 1.90. The van der Waals surface area contributed by atoms with Crippen LogP contribution in [0.25, 0.3) is 22.5 Å². The van der Waals surface area contributed by atoms with Crippen LogP contribution in [0, 0.1) is 11.6 Å². The monoisotopic (exact) mass is 1370 g/mol. The van der Waals surface area contributed by atoms with Gasteiger partial charge in [0.1, 0.15) is 40.4 Å². The Bertz CT molecular complexity index is 4120. The van der Waals surface area contributed by atoms with Gasteiger partial charge in [0.15, 0.2) is 11.6 Å². The summed E-state index contributed by atoms with van der Waals surface area (Å²) in [6, 6.07) is 26.3. The van der Waals surface area contributed by atoms with E-state index >= 15 is 4.39 Å². The number of rotatable bonds is 15. The number of anilines is 2. The Morgan fingerprint density at radius 2 is 1.05 bits per heavy atom. The number of ether oxygens (including phenoxy) is 4. The van der Waals surface area contributed by atoms with Crippen molar-refractivity contribution in [1.29, 1.82) is 0 Å². The highest BCUT2D eigenvalue weighted by Gasteiger charge is 2.34. The summed E-state index contributed by atoms with van der Waals surface area (Å²) >= 11 is 3.11. The van der Waals surface area contributed by atoms with Crippen LogP contribution < -0.4 is 44.2 Å². The van der Waals surface area contributed by atoms with Crippen molar-refractivity contribution in [2.45, 2.75) is 38.7 Å². The van der Waals surface area contributed by atoms with Crippen molar-refractivity contribution in [1.82, 2.24) is 38.1 Å². The van der Waals surface area contributed by atoms with Crippen molar-refractivity contribution in [2.75, 3.05) is 36.8 Å². The third kappa shape index (κ3) is 17.5. The van der Waals surface area contributed by atoms with Crippen LogP contribution in [0.3, 0.4) is 0 Å². The Kier molecular flexibility index (Phi) is 23.2. The fourth-order valence-corrected chi connectivity index (χ4v) is 11.3. The first kappa shape index (κ1) is 69.3. The zero-order valence-corrected chi connectivity index (χ0v) is 51.7. The van der Waals surface area contributed by atoms with Crippen LogP contribution in [0.5, 0.6) is 28.7 Å². The van der Waals surface area contributed by atoms with Crippen LogP contribution in [0.15, 0.2) is 148 Å². The van der Waals surface area contributed by atoms with Crippen LogP contribution in [0.1, 0.15) is 22.5 Å². The summed E-state index contributed by atoms with van der Waals surface area (Å²) in [7, 11) is -4.80. The largest absolute Gasteiger partial charge is 0.573 e. The van der Waals surface area contributed by atoms with Crippen molar-refractivity contribution in [3.8, 4) is 51.2 Å². The average molecular weight is 1370 g/mol. The molecule has 1 radical (unpaired) electrons. The molecular formula is C52H49BBrF8N10O12P2S2. The molecule has 2 aliphatic heterocycles. The molecule has 0 fully saturated rings. The molecule has 4 aromatic heterocycles. The van der Waals surface area contributed by atoms with Gasteiger partial charge in [-0.15, -0.1) is 36.5 Å². The van der Waals surface area contributed by atoms with E-state index in [2.05, 4.69) is 59.9 Å². The lowest BCUT2D eigenvalue weighted by Crippen LogP contribution is -2.41. The standard InChI is InChI=1S/C26H21F4N5O5S.C19H17BrFN5O4S.C7H5BF3O3.2H3P/c1-39-23-13-19(16-4-2-5-18(12-16)40-26(28,29)30)20(27)14-22(23)35-21-9-11-34(15-17(21)7-8-25(35)36)41(37,38)33-24-6-3-10-31-32-24;1-30-17-9-13(20)14(21)10-16(17)26-15-6-8-25(11-12(15)4-5-19(26)27)31(28,29)24-18-3-2-7-22-23-18;9-7(10,11)13-5-2-1-3-6(4-5)14-8-12;;/h2-8,10,12-14H,9,11,15H2,1H3,(H,32,33);2-5,7,9-10H,6,8,11H2,1H3,(H,23,24);1-4,12H;2*1H3. The third-order valence-electron chi connectivity index (χ3n) is 12.3. The highest BCUT2D eigenvalue weighted by molar-refractivity contribution is 9.10. The zero-order valence-electron chi connectivity index (χ0n) is 45.7. The van der Waals surface area contributed by atoms with E-state index < -0.39 is 61.8 Å². The minimum Gasteiger partial charge on any atom is -0.537 e. The quantitative estimate of drug-likeness (QED) is 0.0500. The molecule has 6 heterocycles. The third-order valence-corrected chi connectivity index (χ3v) is 15.9. The second-order valence-corrected chi connectivity index (χ2v) is 22.0. The number of alkyl halides is 6. The van der Waals surface area contributed by atoms with E-state index in [-0.39, 0.29) is 114 Å². The first-order chi connectivity index (χ1) is 40.8. The first-order valence-corrected chi connectivity index (χ1v) is 28.3. The van der Waals surface area contributed by atoms with Gasteiger partial charge in [-0.25, -0.2) is 8.78 Å². The molecule has 0 bridgehead atoms. The summed E-state index contributed by atoms with van der Waals surface area (Å²) in [5.74, 6) is -1.74. The Hall–Kier alpha value is -7.84. The van der Waals surface area contributed by atoms with Crippen molar-refractivity contribution < 1.29 is 80.6 Å². The Morgan fingerprint density at radius 1 is 0.591 bits per heavy atom. The minimum atomic E-state index is -4.92. The summed E-state index contributed by atoms with van der Waals surface area (Å²) in [4.78, 5) is 25.7. The van der Waals surface area contributed by atoms with E-state index in [9.17, 15) is 57.2 Å². The molecule has 22 nitrogen and oxygen atoms in total. The maximum atomic E-state index is 15.5. The summed E-state index contributed by atoms with van der Waals surface area (Å²) in [6.07, 6.45) is -6.47. The number of pyridine rings is 2. The number of halogens is 9. The molecule has 2 unspecified atom stereocenters. The van der Waals surface area contributed by atoms with E-state index in [0.717, 1.165) is 30.3 Å². The van der Waals surface area contributed by atoms with E-state index in [1.165, 1.54) is 123 Å². The van der Waals surface area contributed by atoms with Gasteiger partial charge in [-0.2, -0.15) is 55.4 Å². The molecule has 10 rings (SSSR count). The summed E-state index contributed by atoms with van der Waals surface area (Å²) in [5.41, 5.74) is 1.61. The second kappa shape index (κ2) is 29.4. The van der Waals surface area contributed by atoms with E-state index in [1.54, 1.807) is 12.1 Å². The fraction of sp³-hybridized carbons (Fsp3) is 0.192. The number of nitrogens with one attached hydrogen (secondary N) is 2. The first-order valence-electron chi connectivity index (χ1n) is 24.6. The molecule has 88 heavy (non-hydrogen) atoms. The summed E-state index contributed by atoms with van der Waals surface area (Å²) < 4.78 is 187. The number of nitrogens with zero attached hydrogens (tertiary/aromatic N) is 8. The second-order valence-electron chi connectivity index (χ2n) is 17.8. The van der Waals surface area contributed by atoms with E-state index in [0.29, 0.717) is 35.9 Å². The lowest BCUT2D eigenvalue weighted by Gasteiger charge is -2.30. The minimum absolute atomic E-state index is 0. The lowest BCUT2D eigenvalue weighted by atomic mass is 10.0. The van der Waals surface area contributed by atoms with Crippen LogP contribution >= 0.6 is 35.7 Å². The molecule has 467 valence electrons. The van der Waals surface area contributed by atoms with Crippen LogP contribution in [-0.2, 0) is 46.3 Å². The van der Waals surface area contributed by atoms with Crippen LogP contribution in [-0.4, -0.2) is 108 Å². The normalized spacial score (nSPS) is 13.2. The molecule has 0 aliphatic carbocycles. The molecule has 0 amide bonds. The number of hydrogen-bond acceptors (Lipinski definition) is 16. The van der Waals surface area contributed by atoms with Gasteiger partial charge < -0.3 is 28.6 Å². The van der Waals surface area contributed by atoms with Gasteiger partial charge in [0.05, 0.1) is 30.1 Å². The van der Waals surface area contributed by atoms with Gasteiger partial charge in [0.25, 0.3) is 11.1 Å². The predicted molar refractivity (Wildman–Crippen MR) is 318 cm³/mol. The highest BCUT2D eigenvalue weighted by atomic mass is 79.9. The SMILES string of the molecule is COc1cc(-c2cccc(OC(F)(F)F)c2)c(F)cc1-n1c2c(ccc1=O)CN(S(=O)(=O)Nc1cccnn1)CC2.COc1cc(Br)c(F)cc1-n1c2c(ccc1=O)CN(S(=O)(=O)Nc1cccnn1)CC2.O[B]Oc1cccc(OC(F)(F)F)c1.P.P. The number of aromatic nitrogens is 6. The summed E-state index contributed by atoms with van der Waals surface area (Å²) in [5, 5.41) is 23.0. The molecule has 8 aromatic rings. The van der Waals surface area contributed by atoms with Crippen molar-refractivity contribution in [2.24, 2.45) is 0 Å². The molecule has 2 aliphatic rings. The van der Waals surface area contributed by atoms with Gasteiger partial charge in [0.2, 0.25) is 0 Å². The summed E-state index contributed by atoms with van der Waals surface area (Å²) in [6.45, 7) is 0.0704. The van der Waals surface area contributed by atoms with Gasteiger partial charge >= 0.3 is 40.8 Å². The Morgan fingerprint density at radius 3 is 1.50 bits per heavy atom. The number of fused-ring (bicyclic) bond motifs is 2. The molecule has 2 atom stereocenters. The zero-order chi connectivity index (χ0) is 62.1. The lowest BCUT2D eigenvalue weighted by molar-refractivity contribution is -0.275. The molecule has 0 spiro atoms. The van der Waals surface area contributed by atoms with Gasteiger partial charge in [-0.05, 0) is 93.3 Å². The van der Waals surface area contributed by atoms with Gasteiger partial charge in [-0.1, -0.05) is 30.3 Å². The predicted octanol–water partition coefficient (Wildman–Crippen LogP) is 7.92. The van der Waals surface area contributed by atoms with Gasteiger partial charge in [-0.3, -0.25) is 28.2 Å². The Labute approximate surface area is 511 Å². The number of benzene rings is 4. The Balaban J connectivity index is 0.000000232. The molecule has 3 N–H and O–H groups in total. The number of methoxy groups -OCH3 is 2. The highest BCUT2D eigenvalue weighted by Crippen LogP contribution is 2.37. The molecule has 0 saturated carbocycles. The fourth-order valence-electron chi connectivity index (χ4n) is 8.74. The molecule has 36 heteroatoms. The molecule has 0 saturated heterocycles. The van der Waals surface area contributed by atoms with Crippen molar-refractivity contribution in [3.05, 3.63) is 193 Å². The van der Waals surface area contributed by atoms with Gasteiger partial charge in [0, 0.05) is 98.7 Å². The molecule has 4 aromatic carbocycles. The topological polar surface area (TPSA) is 261 Å². The maximum absolute atomic E-state index is 15.5. The molecular weight excluding hydrogens is 1330 g/mol.